The zero-order chi connectivity index (χ0) is 13.1. The van der Waals surface area contributed by atoms with Crippen molar-refractivity contribution in [2.75, 3.05) is 6.61 Å². The molecule has 3 rings (SSSR count). The Morgan fingerprint density at radius 1 is 1.26 bits per heavy atom. The number of aromatic nitrogens is 1. The van der Waals surface area contributed by atoms with E-state index in [1.807, 2.05) is 30.3 Å². The molecular weight excluding hydrogens is 238 g/mol. The second-order valence-corrected chi connectivity index (χ2v) is 5.28. The molecule has 19 heavy (non-hydrogen) atoms. The van der Waals surface area contributed by atoms with Crippen molar-refractivity contribution in [3.8, 4) is 5.75 Å². The Labute approximate surface area is 113 Å². The van der Waals surface area contributed by atoms with Crippen molar-refractivity contribution in [3.05, 3.63) is 36.5 Å². The van der Waals surface area contributed by atoms with Crippen LogP contribution < -0.4 is 4.74 Å². The average Bonchev–Trinajstić information content (AvgIpc) is 2.99. The fourth-order valence-corrected chi connectivity index (χ4v) is 2.80. The summed E-state index contributed by atoms with van der Waals surface area (Å²) < 4.78 is 5.70. The van der Waals surface area contributed by atoms with E-state index < -0.39 is 0 Å². The van der Waals surface area contributed by atoms with Gasteiger partial charge in [0.1, 0.15) is 12.4 Å². The lowest BCUT2D eigenvalue weighted by molar-refractivity contribution is 0.0594. The van der Waals surface area contributed by atoms with E-state index in [9.17, 15) is 5.11 Å². The van der Waals surface area contributed by atoms with Crippen LogP contribution in [0, 0.1) is 5.92 Å². The average molecular weight is 257 g/mol. The number of ether oxygens (including phenoxy) is 1. The molecular formula is C16H19NO2. The number of aliphatic hydroxyl groups is 1. The standard InChI is InChI=1S/C16H19NO2/c18-16(13-4-1-2-5-13)11-19-14-8-7-12-6-3-9-17-15(12)10-14/h3,6-10,13,16,18H,1-2,4-5,11H2. The van der Waals surface area contributed by atoms with Crippen LogP contribution in [0.2, 0.25) is 0 Å². The summed E-state index contributed by atoms with van der Waals surface area (Å²) in [7, 11) is 0. The first-order valence-electron chi connectivity index (χ1n) is 6.98. The van der Waals surface area contributed by atoms with E-state index in [0.717, 1.165) is 29.5 Å². The van der Waals surface area contributed by atoms with E-state index in [0.29, 0.717) is 12.5 Å². The van der Waals surface area contributed by atoms with Crippen molar-refractivity contribution in [2.45, 2.75) is 31.8 Å². The number of benzene rings is 1. The molecule has 1 unspecified atom stereocenters. The third-order valence-electron chi connectivity index (χ3n) is 3.94. The number of nitrogens with zero attached hydrogens (tertiary/aromatic N) is 1. The van der Waals surface area contributed by atoms with E-state index in [4.69, 9.17) is 4.74 Å². The van der Waals surface area contributed by atoms with Gasteiger partial charge in [-0.05, 0) is 37.0 Å². The van der Waals surface area contributed by atoms with Gasteiger partial charge in [0.05, 0.1) is 11.6 Å². The number of fused-ring (bicyclic) bond motifs is 1. The number of aliphatic hydroxyl groups excluding tert-OH is 1. The third-order valence-corrected chi connectivity index (χ3v) is 3.94. The third kappa shape index (κ3) is 2.87. The molecule has 1 aliphatic carbocycles. The molecule has 0 aliphatic heterocycles. The zero-order valence-electron chi connectivity index (χ0n) is 11.0. The van der Waals surface area contributed by atoms with Crippen molar-refractivity contribution in [1.29, 1.82) is 0 Å². The molecule has 1 N–H and O–H groups in total. The van der Waals surface area contributed by atoms with Gasteiger partial charge in [-0.25, -0.2) is 0 Å². The van der Waals surface area contributed by atoms with E-state index in [2.05, 4.69) is 4.98 Å². The van der Waals surface area contributed by atoms with Gasteiger partial charge in [-0.15, -0.1) is 0 Å². The molecule has 0 bridgehead atoms. The van der Waals surface area contributed by atoms with Gasteiger partial charge < -0.3 is 9.84 Å². The second kappa shape index (κ2) is 5.57. The molecule has 100 valence electrons. The van der Waals surface area contributed by atoms with E-state index in [1.165, 1.54) is 12.8 Å². The molecule has 1 fully saturated rings. The summed E-state index contributed by atoms with van der Waals surface area (Å²) in [4.78, 5) is 4.30. The van der Waals surface area contributed by atoms with Crippen LogP contribution in [0.4, 0.5) is 0 Å². The zero-order valence-corrected chi connectivity index (χ0v) is 11.0. The SMILES string of the molecule is OC(COc1ccc2cccnc2c1)C1CCCC1. The maximum atomic E-state index is 10.1. The summed E-state index contributed by atoms with van der Waals surface area (Å²) in [5, 5.41) is 11.2. The van der Waals surface area contributed by atoms with Crippen molar-refractivity contribution in [3.63, 3.8) is 0 Å². The first kappa shape index (κ1) is 12.4. The summed E-state index contributed by atoms with van der Waals surface area (Å²) in [6, 6.07) is 9.81. The van der Waals surface area contributed by atoms with Gasteiger partial charge in [-0.2, -0.15) is 0 Å². The highest BCUT2D eigenvalue weighted by Gasteiger charge is 2.23. The molecule has 3 nitrogen and oxygen atoms in total. The van der Waals surface area contributed by atoms with E-state index in [1.54, 1.807) is 6.20 Å². The largest absolute Gasteiger partial charge is 0.491 e. The van der Waals surface area contributed by atoms with Crippen LogP contribution in [0.3, 0.4) is 0 Å². The van der Waals surface area contributed by atoms with Crippen LogP contribution in [0.5, 0.6) is 5.75 Å². The second-order valence-electron chi connectivity index (χ2n) is 5.28. The van der Waals surface area contributed by atoms with Gasteiger partial charge in [0.2, 0.25) is 0 Å². The van der Waals surface area contributed by atoms with Gasteiger partial charge in [0.15, 0.2) is 0 Å². The monoisotopic (exact) mass is 257 g/mol. The molecule has 1 aromatic heterocycles. The minimum absolute atomic E-state index is 0.345. The summed E-state index contributed by atoms with van der Waals surface area (Å²) in [6.45, 7) is 0.378. The van der Waals surface area contributed by atoms with Crippen molar-refractivity contribution in [2.24, 2.45) is 5.92 Å². The maximum Gasteiger partial charge on any atom is 0.121 e. The molecule has 1 saturated carbocycles. The molecule has 0 radical (unpaired) electrons. The number of hydrogen-bond acceptors (Lipinski definition) is 3. The van der Waals surface area contributed by atoms with Gasteiger partial charge in [-0.1, -0.05) is 18.9 Å². The Hall–Kier alpha value is -1.61. The minimum Gasteiger partial charge on any atom is -0.491 e. The Morgan fingerprint density at radius 2 is 2.11 bits per heavy atom. The van der Waals surface area contributed by atoms with Crippen LogP contribution in [0.15, 0.2) is 36.5 Å². The van der Waals surface area contributed by atoms with Crippen molar-refractivity contribution in [1.82, 2.24) is 4.98 Å². The highest BCUT2D eigenvalue weighted by Crippen LogP contribution is 2.28. The van der Waals surface area contributed by atoms with E-state index >= 15 is 0 Å². The molecule has 0 amide bonds. The maximum absolute atomic E-state index is 10.1. The molecule has 1 atom stereocenters. The van der Waals surface area contributed by atoms with Crippen LogP contribution in [-0.2, 0) is 0 Å². The topological polar surface area (TPSA) is 42.4 Å². The summed E-state index contributed by atoms with van der Waals surface area (Å²) in [6.07, 6.45) is 6.16. The van der Waals surface area contributed by atoms with Gasteiger partial charge in [0, 0.05) is 17.6 Å². The van der Waals surface area contributed by atoms with Crippen LogP contribution in [-0.4, -0.2) is 22.8 Å². The highest BCUT2D eigenvalue weighted by molar-refractivity contribution is 5.79. The Bertz CT molecular complexity index is 549. The fourth-order valence-electron chi connectivity index (χ4n) is 2.80. The van der Waals surface area contributed by atoms with Crippen LogP contribution in [0.1, 0.15) is 25.7 Å². The predicted molar refractivity (Wildman–Crippen MR) is 75.2 cm³/mol. The lowest BCUT2D eigenvalue weighted by Gasteiger charge is -2.18. The lowest BCUT2D eigenvalue weighted by atomic mass is 10.0. The predicted octanol–water partition coefficient (Wildman–Crippen LogP) is 3.16. The minimum atomic E-state index is -0.345. The number of pyridine rings is 1. The Morgan fingerprint density at radius 3 is 2.95 bits per heavy atom. The smallest absolute Gasteiger partial charge is 0.121 e. The molecule has 2 aromatic rings. The first-order chi connectivity index (χ1) is 9.33. The van der Waals surface area contributed by atoms with Gasteiger partial charge in [0.25, 0.3) is 0 Å². The normalized spacial score (nSPS) is 17.7. The Balaban J connectivity index is 1.64. The molecule has 3 heteroatoms. The quantitative estimate of drug-likeness (QED) is 0.914. The van der Waals surface area contributed by atoms with Gasteiger partial charge >= 0.3 is 0 Å². The first-order valence-corrected chi connectivity index (χ1v) is 6.98. The summed E-state index contributed by atoms with van der Waals surface area (Å²) in [5.74, 6) is 1.20. The summed E-state index contributed by atoms with van der Waals surface area (Å²) in [5.41, 5.74) is 0.926. The fraction of sp³-hybridized carbons (Fsp3) is 0.438. The molecule has 0 saturated heterocycles. The van der Waals surface area contributed by atoms with E-state index in [-0.39, 0.29) is 6.10 Å². The van der Waals surface area contributed by atoms with Crippen molar-refractivity contribution < 1.29 is 9.84 Å². The number of hydrogen-bond donors (Lipinski definition) is 1. The Kier molecular flexibility index (Phi) is 3.65. The summed E-state index contributed by atoms with van der Waals surface area (Å²) >= 11 is 0. The lowest BCUT2D eigenvalue weighted by Crippen LogP contribution is -2.25. The molecule has 1 aromatic carbocycles. The molecule has 1 heterocycles. The number of rotatable bonds is 4. The van der Waals surface area contributed by atoms with Gasteiger partial charge in [-0.3, -0.25) is 4.98 Å². The van der Waals surface area contributed by atoms with Crippen LogP contribution in [0.25, 0.3) is 10.9 Å². The molecule has 1 aliphatic rings. The highest BCUT2D eigenvalue weighted by atomic mass is 16.5. The van der Waals surface area contributed by atoms with Crippen LogP contribution >= 0.6 is 0 Å². The van der Waals surface area contributed by atoms with Crippen molar-refractivity contribution >= 4 is 10.9 Å². The molecule has 0 spiro atoms.